The Morgan fingerprint density at radius 2 is 1.67 bits per heavy atom. The number of carbonyl (C=O) groups excluding carboxylic acids is 2. The second-order valence-corrected chi connectivity index (χ2v) is 8.71. The summed E-state index contributed by atoms with van der Waals surface area (Å²) in [6.07, 6.45) is -4.13. The van der Waals surface area contributed by atoms with E-state index in [-0.39, 0.29) is 42.0 Å². The summed E-state index contributed by atoms with van der Waals surface area (Å²) < 4.78 is 58.5. The van der Waals surface area contributed by atoms with Gasteiger partial charge in [-0.3, -0.25) is 14.5 Å². The topological polar surface area (TPSA) is 81.2 Å². The molecule has 2 fully saturated rings. The van der Waals surface area contributed by atoms with Gasteiger partial charge in [0.2, 0.25) is 11.8 Å². The Balaban J connectivity index is 0.000000454. The predicted molar refractivity (Wildman–Crippen MR) is 119 cm³/mol. The number of piperazine rings is 1. The van der Waals surface area contributed by atoms with Gasteiger partial charge < -0.3 is 14.9 Å². The Bertz CT molecular complexity index is 1130. The van der Waals surface area contributed by atoms with E-state index < -0.39 is 12.1 Å². The maximum Gasteiger partial charge on any atom is 0.490 e. The summed E-state index contributed by atoms with van der Waals surface area (Å²) in [7, 11) is 1.90. The zero-order chi connectivity index (χ0) is 26.7. The molecular weight excluding hydrogens is 489 g/mol. The number of carboxylic acid groups (broad SMARTS) is 1. The minimum absolute atomic E-state index is 0.0175. The SMILES string of the molecule is CN1CC(=O)N(c2cccc(F)c2)CC12CCN(C(=O)Cc1ccc(F)cc1)C2.O=C(O)C(F)(F)F. The first-order valence-electron chi connectivity index (χ1n) is 10.9. The van der Waals surface area contributed by atoms with Crippen molar-refractivity contribution >= 4 is 23.5 Å². The van der Waals surface area contributed by atoms with Crippen LogP contribution in [0, 0.1) is 11.6 Å². The minimum atomic E-state index is -5.08. The van der Waals surface area contributed by atoms with Crippen LogP contribution in [-0.4, -0.2) is 77.6 Å². The number of alkyl halides is 3. The Kier molecular flexibility index (Phi) is 7.97. The average Bonchev–Trinajstić information content (AvgIpc) is 3.23. The first-order valence-corrected chi connectivity index (χ1v) is 10.9. The lowest BCUT2D eigenvalue weighted by Gasteiger charge is -2.46. The standard InChI is InChI=1S/C22H23F2N3O2.C2HF3O2/c1-25-13-21(29)27(19-4-2-3-18(24)12-19)15-22(25)9-10-26(14-22)20(28)11-16-5-7-17(23)8-6-16;3-2(4,5)1(6)7/h2-8,12H,9-11,13-15H2,1H3;(H,6,7). The number of carboxylic acids is 1. The number of likely N-dealkylation sites (N-methyl/N-ethyl adjacent to an activating group) is 1. The molecule has 12 heteroatoms. The zero-order valence-electron chi connectivity index (χ0n) is 19.3. The van der Waals surface area contributed by atoms with Crippen molar-refractivity contribution in [1.82, 2.24) is 9.80 Å². The van der Waals surface area contributed by atoms with Gasteiger partial charge in [0.25, 0.3) is 0 Å². The van der Waals surface area contributed by atoms with Gasteiger partial charge in [-0.1, -0.05) is 18.2 Å². The Hall–Kier alpha value is -3.54. The van der Waals surface area contributed by atoms with Crippen LogP contribution >= 0.6 is 0 Å². The molecule has 0 radical (unpaired) electrons. The normalized spacial score (nSPS) is 20.3. The molecule has 2 aliphatic heterocycles. The van der Waals surface area contributed by atoms with Crippen molar-refractivity contribution in [3.8, 4) is 0 Å². The number of nitrogens with zero attached hydrogens (tertiary/aromatic N) is 3. The molecule has 1 spiro atoms. The van der Waals surface area contributed by atoms with E-state index in [9.17, 15) is 31.5 Å². The highest BCUT2D eigenvalue weighted by Gasteiger charge is 2.48. The summed E-state index contributed by atoms with van der Waals surface area (Å²) in [5.41, 5.74) is 0.947. The minimum Gasteiger partial charge on any atom is -0.475 e. The molecule has 2 amide bonds. The van der Waals surface area contributed by atoms with E-state index in [4.69, 9.17) is 9.90 Å². The fraction of sp³-hybridized carbons (Fsp3) is 0.375. The van der Waals surface area contributed by atoms with Crippen LogP contribution in [0.2, 0.25) is 0 Å². The van der Waals surface area contributed by atoms with Crippen molar-refractivity contribution < 1.29 is 41.4 Å². The highest BCUT2D eigenvalue weighted by molar-refractivity contribution is 5.96. The van der Waals surface area contributed by atoms with Gasteiger partial charge in [0.15, 0.2) is 0 Å². The maximum atomic E-state index is 13.7. The second-order valence-electron chi connectivity index (χ2n) is 8.71. The van der Waals surface area contributed by atoms with Crippen LogP contribution in [0.1, 0.15) is 12.0 Å². The molecule has 2 saturated heterocycles. The first kappa shape index (κ1) is 27.1. The highest BCUT2D eigenvalue weighted by atomic mass is 19.4. The molecule has 4 rings (SSSR count). The third-order valence-corrected chi connectivity index (χ3v) is 6.25. The Labute approximate surface area is 203 Å². The molecular formula is C24H24F5N3O4. The van der Waals surface area contributed by atoms with E-state index in [1.807, 2.05) is 11.9 Å². The molecule has 2 heterocycles. The molecule has 2 aromatic rings. The number of rotatable bonds is 3. The van der Waals surface area contributed by atoms with Crippen LogP contribution in [0.5, 0.6) is 0 Å². The van der Waals surface area contributed by atoms with Crippen molar-refractivity contribution in [1.29, 1.82) is 0 Å². The van der Waals surface area contributed by atoms with Gasteiger partial charge in [0.1, 0.15) is 11.6 Å². The largest absolute Gasteiger partial charge is 0.490 e. The van der Waals surface area contributed by atoms with Gasteiger partial charge in [-0.05, 0) is 49.4 Å². The third-order valence-electron chi connectivity index (χ3n) is 6.25. The fourth-order valence-electron chi connectivity index (χ4n) is 4.24. The summed E-state index contributed by atoms with van der Waals surface area (Å²) in [4.78, 5) is 39.7. The lowest BCUT2D eigenvalue weighted by Crippen LogP contribution is -2.64. The molecule has 36 heavy (non-hydrogen) atoms. The van der Waals surface area contributed by atoms with E-state index in [1.54, 1.807) is 34.1 Å². The fourth-order valence-corrected chi connectivity index (χ4v) is 4.24. The van der Waals surface area contributed by atoms with Crippen molar-refractivity contribution in [2.24, 2.45) is 0 Å². The zero-order valence-corrected chi connectivity index (χ0v) is 19.3. The molecule has 194 valence electrons. The van der Waals surface area contributed by atoms with E-state index in [2.05, 4.69) is 0 Å². The molecule has 0 aromatic heterocycles. The average molecular weight is 513 g/mol. The highest BCUT2D eigenvalue weighted by Crippen LogP contribution is 2.33. The van der Waals surface area contributed by atoms with Crippen LogP contribution in [0.4, 0.5) is 27.6 Å². The van der Waals surface area contributed by atoms with Crippen molar-refractivity contribution in [2.75, 3.05) is 38.1 Å². The van der Waals surface area contributed by atoms with E-state index in [0.29, 0.717) is 25.3 Å². The number of benzene rings is 2. The molecule has 1 N–H and O–H groups in total. The summed E-state index contributed by atoms with van der Waals surface area (Å²) in [6, 6.07) is 12.0. The van der Waals surface area contributed by atoms with Crippen LogP contribution < -0.4 is 4.90 Å². The van der Waals surface area contributed by atoms with Gasteiger partial charge in [0.05, 0.1) is 18.5 Å². The number of carbonyl (C=O) groups is 3. The van der Waals surface area contributed by atoms with Crippen LogP contribution in [0.15, 0.2) is 48.5 Å². The first-order chi connectivity index (χ1) is 16.8. The van der Waals surface area contributed by atoms with Crippen LogP contribution in [0.3, 0.4) is 0 Å². The van der Waals surface area contributed by atoms with E-state index in [0.717, 1.165) is 12.0 Å². The van der Waals surface area contributed by atoms with Gasteiger partial charge >= 0.3 is 12.1 Å². The molecule has 2 aliphatic rings. The third kappa shape index (κ3) is 6.36. The number of likely N-dealkylation sites (tertiary alicyclic amines) is 1. The van der Waals surface area contributed by atoms with Gasteiger partial charge in [0, 0.05) is 25.3 Å². The summed E-state index contributed by atoms with van der Waals surface area (Å²) in [6.45, 7) is 1.72. The Morgan fingerprint density at radius 1 is 1.03 bits per heavy atom. The maximum absolute atomic E-state index is 13.7. The monoisotopic (exact) mass is 513 g/mol. The number of hydrogen-bond donors (Lipinski definition) is 1. The number of anilines is 1. The van der Waals surface area contributed by atoms with Crippen molar-refractivity contribution in [2.45, 2.75) is 24.6 Å². The van der Waals surface area contributed by atoms with Gasteiger partial charge in [-0.25, -0.2) is 13.6 Å². The second kappa shape index (κ2) is 10.6. The summed E-state index contributed by atoms with van der Waals surface area (Å²) >= 11 is 0. The number of hydrogen-bond acceptors (Lipinski definition) is 4. The molecule has 0 aliphatic carbocycles. The summed E-state index contributed by atoms with van der Waals surface area (Å²) in [5, 5.41) is 7.12. The quantitative estimate of drug-likeness (QED) is 0.639. The van der Waals surface area contributed by atoms with Crippen LogP contribution in [-0.2, 0) is 20.8 Å². The van der Waals surface area contributed by atoms with Crippen molar-refractivity contribution in [3.05, 3.63) is 65.7 Å². The Morgan fingerprint density at radius 3 is 2.25 bits per heavy atom. The van der Waals surface area contributed by atoms with Gasteiger partial charge in [-0.15, -0.1) is 0 Å². The molecule has 0 bridgehead atoms. The predicted octanol–water partition coefficient (Wildman–Crippen LogP) is 3.09. The van der Waals surface area contributed by atoms with E-state index in [1.165, 1.54) is 24.3 Å². The lowest BCUT2D eigenvalue weighted by atomic mass is 9.92. The van der Waals surface area contributed by atoms with Crippen LogP contribution in [0.25, 0.3) is 0 Å². The number of aliphatic carboxylic acids is 1. The van der Waals surface area contributed by atoms with Gasteiger partial charge in [-0.2, -0.15) is 13.2 Å². The number of amides is 2. The number of halogens is 5. The lowest BCUT2D eigenvalue weighted by molar-refractivity contribution is -0.192. The van der Waals surface area contributed by atoms with E-state index >= 15 is 0 Å². The smallest absolute Gasteiger partial charge is 0.475 e. The molecule has 0 saturated carbocycles. The molecule has 1 unspecified atom stereocenters. The molecule has 7 nitrogen and oxygen atoms in total. The molecule has 1 atom stereocenters. The molecule has 2 aromatic carbocycles. The van der Waals surface area contributed by atoms with Crippen molar-refractivity contribution in [3.63, 3.8) is 0 Å². The summed E-state index contributed by atoms with van der Waals surface area (Å²) in [5.74, 6) is -3.57.